The van der Waals surface area contributed by atoms with Gasteiger partial charge in [0.15, 0.2) is 0 Å². The second kappa shape index (κ2) is 4.79. The number of H-pyrrole nitrogens is 1. The van der Waals surface area contributed by atoms with Crippen LogP contribution in [-0.4, -0.2) is 4.98 Å². The Balaban J connectivity index is 1.96. The highest BCUT2D eigenvalue weighted by molar-refractivity contribution is 7.99. The third-order valence-corrected chi connectivity index (χ3v) is 3.64. The summed E-state index contributed by atoms with van der Waals surface area (Å²) < 4.78 is 13.3. The van der Waals surface area contributed by atoms with Crippen molar-refractivity contribution in [2.45, 2.75) is 9.92 Å². The number of halogens is 1. The SMILES string of the molecule is N#Cc1cc(F)cc(Sc2cc3ccccc3[nH]2)c1. The lowest BCUT2D eigenvalue weighted by atomic mass is 10.2. The number of aromatic nitrogens is 1. The van der Waals surface area contributed by atoms with Crippen molar-refractivity contribution in [1.29, 1.82) is 5.26 Å². The van der Waals surface area contributed by atoms with Gasteiger partial charge in [-0.15, -0.1) is 0 Å². The Morgan fingerprint density at radius 3 is 2.74 bits per heavy atom. The van der Waals surface area contributed by atoms with Gasteiger partial charge in [-0.1, -0.05) is 30.0 Å². The molecule has 1 heterocycles. The molecular formula is C15H9FN2S. The van der Waals surface area contributed by atoms with Crippen molar-refractivity contribution in [2.24, 2.45) is 0 Å². The summed E-state index contributed by atoms with van der Waals surface area (Å²) in [4.78, 5) is 3.97. The largest absolute Gasteiger partial charge is 0.349 e. The van der Waals surface area contributed by atoms with Gasteiger partial charge in [0.25, 0.3) is 0 Å². The summed E-state index contributed by atoms with van der Waals surface area (Å²) in [5, 5.41) is 10.9. The number of nitrogens with one attached hydrogen (secondary N) is 1. The van der Waals surface area contributed by atoms with Gasteiger partial charge in [-0.05, 0) is 30.3 Å². The summed E-state index contributed by atoms with van der Waals surface area (Å²) in [6.07, 6.45) is 0. The molecule has 3 aromatic rings. The Labute approximate surface area is 113 Å². The van der Waals surface area contributed by atoms with E-state index in [0.717, 1.165) is 15.9 Å². The zero-order valence-corrected chi connectivity index (χ0v) is 10.7. The fraction of sp³-hybridized carbons (Fsp3) is 0. The molecule has 0 unspecified atom stereocenters. The minimum absolute atomic E-state index is 0.332. The van der Waals surface area contributed by atoms with Crippen LogP contribution in [0.4, 0.5) is 4.39 Å². The van der Waals surface area contributed by atoms with Crippen molar-refractivity contribution in [3.63, 3.8) is 0 Å². The molecule has 0 atom stereocenters. The van der Waals surface area contributed by atoms with E-state index in [1.165, 1.54) is 23.9 Å². The van der Waals surface area contributed by atoms with Gasteiger partial charge >= 0.3 is 0 Å². The number of nitrogens with zero attached hydrogens (tertiary/aromatic N) is 1. The molecule has 2 nitrogen and oxygen atoms in total. The molecule has 0 bridgehead atoms. The van der Waals surface area contributed by atoms with Crippen LogP contribution in [0, 0.1) is 17.1 Å². The maximum absolute atomic E-state index is 13.3. The summed E-state index contributed by atoms with van der Waals surface area (Å²) in [7, 11) is 0. The lowest BCUT2D eigenvalue weighted by Crippen LogP contribution is -1.81. The molecule has 19 heavy (non-hydrogen) atoms. The number of hydrogen-bond acceptors (Lipinski definition) is 2. The summed E-state index contributed by atoms with van der Waals surface area (Å²) in [6, 6.07) is 16.2. The topological polar surface area (TPSA) is 39.6 Å². The molecule has 2 aromatic carbocycles. The van der Waals surface area contributed by atoms with Crippen molar-refractivity contribution >= 4 is 22.7 Å². The zero-order valence-electron chi connectivity index (χ0n) is 9.85. The van der Waals surface area contributed by atoms with Gasteiger partial charge < -0.3 is 4.98 Å². The molecule has 1 aromatic heterocycles. The van der Waals surface area contributed by atoms with E-state index in [0.29, 0.717) is 10.5 Å². The molecule has 0 radical (unpaired) electrons. The Bertz CT molecular complexity index is 753. The number of rotatable bonds is 2. The van der Waals surface area contributed by atoms with E-state index >= 15 is 0 Å². The van der Waals surface area contributed by atoms with E-state index < -0.39 is 5.82 Å². The standard InChI is InChI=1S/C15H9FN2S/c16-12-5-10(9-17)6-13(8-12)19-15-7-11-3-1-2-4-14(11)18-15/h1-8,18H. The molecule has 0 aliphatic rings. The summed E-state index contributed by atoms with van der Waals surface area (Å²) in [6.45, 7) is 0. The molecule has 0 aliphatic carbocycles. The summed E-state index contributed by atoms with van der Waals surface area (Å²) in [5.41, 5.74) is 1.38. The third-order valence-electron chi connectivity index (χ3n) is 2.73. The van der Waals surface area contributed by atoms with E-state index in [1.54, 1.807) is 6.07 Å². The van der Waals surface area contributed by atoms with Crippen molar-refractivity contribution < 1.29 is 4.39 Å². The van der Waals surface area contributed by atoms with Crippen LogP contribution in [0.1, 0.15) is 5.56 Å². The number of nitriles is 1. The Morgan fingerprint density at radius 1 is 1.11 bits per heavy atom. The van der Waals surface area contributed by atoms with Gasteiger partial charge in [-0.3, -0.25) is 0 Å². The van der Waals surface area contributed by atoms with Crippen LogP contribution in [-0.2, 0) is 0 Å². The molecule has 4 heteroatoms. The molecule has 1 N–H and O–H groups in total. The molecule has 0 saturated heterocycles. The van der Waals surface area contributed by atoms with Gasteiger partial charge in [0.2, 0.25) is 0 Å². The highest BCUT2D eigenvalue weighted by atomic mass is 32.2. The van der Waals surface area contributed by atoms with Crippen LogP contribution in [0.5, 0.6) is 0 Å². The summed E-state index contributed by atoms with van der Waals surface area (Å²) >= 11 is 1.41. The monoisotopic (exact) mass is 268 g/mol. The first-order valence-corrected chi connectivity index (χ1v) is 6.52. The van der Waals surface area contributed by atoms with Crippen LogP contribution >= 0.6 is 11.8 Å². The highest BCUT2D eigenvalue weighted by Crippen LogP contribution is 2.30. The Morgan fingerprint density at radius 2 is 1.95 bits per heavy atom. The molecule has 3 rings (SSSR count). The van der Waals surface area contributed by atoms with Gasteiger partial charge in [0, 0.05) is 15.8 Å². The first-order valence-electron chi connectivity index (χ1n) is 5.71. The molecule has 0 spiro atoms. The second-order valence-corrected chi connectivity index (χ2v) is 5.23. The van der Waals surface area contributed by atoms with Crippen LogP contribution in [0.3, 0.4) is 0 Å². The molecule has 0 fully saturated rings. The van der Waals surface area contributed by atoms with Crippen molar-refractivity contribution in [1.82, 2.24) is 4.98 Å². The minimum atomic E-state index is -0.391. The Kier molecular flexibility index (Phi) is 2.98. The first-order chi connectivity index (χ1) is 9.24. The molecule has 92 valence electrons. The predicted molar refractivity (Wildman–Crippen MR) is 73.5 cm³/mol. The number of benzene rings is 2. The van der Waals surface area contributed by atoms with Gasteiger partial charge in [-0.2, -0.15) is 5.26 Å². The van der Waals surface area contributed by atoms with Crippen molar-refractivity contribution in [3.8, 4) is 6.07 Å². The fourth-order valence-corrected chi connectivity index (χ4v) is 2.87. The van der Waals surface area contributed by atoms with E-state index in [2.05, 4.69) is 4.98 Å². The normalized spacial score (nSPS) is 10.5. The van der Waals surface area contributed by atoms with Crippen LogP contribution in [0.15, 0.2) is 58.5 Å². The molecule has 0 aliphatic heterocycles. The van der Waals surface area contributed by atoms with Crippen molar-refractivity contribution in [2.75, 3.05) is 0 Å². The van der Waals surface area contributed by atoms with E-state index in [9.17, 15) is 4.39 Å². The van der Waals surface area contributed by atoms with Gasteiger partial charge in [0.05, 0.1) is 16.7 Å². The smallest absolute Gasteiger partial charge is 0.125 e. The second-order valence-electron chi connectivity index (χ2n) is 4.11. The fourth-order valence-electron chi connectivity index (χ4n) is 1.91. The van der Waals surface area contributed by atoms with E-state index in [-0.39, 0.29) is 0 Å². The zero-order chi connectivity index (χ0) is 13.2. The van der Waals surface area contributed by atoms with Crippen LogP contribution in [0.25, 0.3) is 10.9 Å². The molecule has 0 saturated carbocycles. The quantitative estimate of drug-likeness (QED) is 0.751. The third kappa shape index (κ3) is 2.47. The predicted octanol–water partition coefficient (Wildman–Crippen LogP) is 4.33. The first kappa shape index (κ1) is 11.8. The minimum Gasteiger partial charge on any atom is -0.349 e. The molecule has 0 amide bonds. The average Bonchev–Trinajstić information content (AvgIpc) is 2.80. The van der Waals surface area contributed by atoms with Crippen LogP contribution in [0.2, 0.25) is 0 Å². The van der Waals surface area contributed by atoms with Gasteiger partial charge in [0.1, 0.15) is 5.82 Å². The number of aromatic amines is 1. The van der Waals surface area contributed by atoms with Gasteiger partial charge in [-0.25, -0.2) is 4.39 Å². The number of para-hydroxylation sites is 1. The lowest BCUT2D eigenvalue weighted by molar-refractivity contribution is 0.623. The lowest BCUT2D eigenvalue weighted by Gasteiger charge is -2.00. The maximum atomic E-state index is 13.3. The number of hydrogen-bond donors (Lipinski definition) is 1. The Hall–Kier alpha value is -2.25. The van der Waals surface area contributed by atoms with Crippen LogP contribution < -0.4 is 0 Å². The summed E-state index contributed by atoms with van der Waals surface area (Å²) in [5.74, 6) is -0.391. The maximum Gasteiger partial charge on any atom is 0.125 e. The van der Waals surface area contributed by atoms with E-state index in [4.69, 9.17) is 5.26 Å². The van der Waals surface area contributed by atoms with E-state index in [1.807, 2.05) is 36.4 Å². The average molecular weight is 268 g/mol. The highest BCUT2D eigenvalue weighted by Gasteiger charge is 2.05. The van der Waals surface area contributed by atoms with Crippen molar-refractivity contribution in [3.05, 3.63) is 59.9 Å². The number of fused-ring (bicyclic) bond motifs is 1. The molecular weight excluding hydrogens is 259 g/mol.